The molecular weight excluding hydrogens is 249 g/mol. The summed E-state index contributed by atoms with van der Waals surface area (Å²) in [6, 6.07) is 0. The molecule has 0 aromatic rings. The van der Waals surface area contributed by atoms with Crippen molar-refractivity contribution in [3.63, 3.8) is 0 Å². The Morgan fingerprint density at radius 3 is 2.60 bits per heavy atom. The van der Waals surface area contributed by atoms with Crippen molar-refractivity contribution in [1.29, 1.82) is 0 Å². The summed E-state index contributed by atoms with van der Waals surface area (Å²) in [5, 5.41) is 0. The fraction of sp³-hybridized carbons (Fsp3) is 1.00. The van der Waals surface area contributed by atoms with Crippen molar-refractivity contribution in [1.82, 2.24) is 0 Å². The van der Waals surface area contributed by atoms with Gasteiger partial charge < -0.3 is 0 Å². The Morgan fingerprint density at radius 2 is 2.10 bits per heavy atom. The second-order valence-corrected chi connectivity index (χ2v) is 4.24. The molecule has 0 spiro atoms. The van der Waals surface area contributed by atoms with E-state index in [-0.39, 0.29) is 16.5 Å². The number of hydrogen-bond donors (Lipinski definition) is 0. The molecule has 0 aromatic carbocycles. The van der Waals surface area contributed by atoms with Gasteiger partial charge in [0.15, 0.2) is 0 Å². The molecule has 1 aliphatic rings. The van der Waals surface area contributed by atoms with Gasteiger partial charge in [0.05, 0.1) is 6.67 Å². The highest BCUT2D eigenvalue weighted by atomic mass is 127. The average Bonchev–Trinajstić information content (AvgIpc) is 1.95. The summed E-state index contributed by atoms with van der Waals surface area (Å²) < 4.78 is 24.9. The van der Waals surface area contributed by atoms with E-state index in [4.69, 9.17) is 0 Å². The standard InChI is InChI=1S/C7H11F2I/c8-4-5-2-1-3-6(9)7(5)10/h5-7H,1-4H2. The van der Waals surface area contributed by atoms with Crippen LogP contribution in [-0.2, 0) is 0 Å². The molecule has 0 nitrogen and oxygen atoms in total. The van der Waals surface area contributed by atoms with E-state index in [9.17, 15) is 8.78 Å². The van der Waals surface area contributed by atoms with Gasteiger partial charge in [0.1, 0.15) is 6.17 Å². The molecule has 0 amide bonds. The van der Waals surface area contributed by atoms with E-state index >= 15 is 0 Å². The molecule has 0 saturated heterocycles. The van der Waals surface area contributed by atoms with Gasteiger partial charge in [-0.3, -0.25) is 4.39 Å². The van der Waals surface area contributed by atoms with Gasteiger partial charge in [-0.2, -0.15) is 0 Å². The third-order valence-electron chi connectivity index (χ3n) is 2.05. The van der Waals surface area contributed by atoms with Crippen molar-refractivity contribution in [2.24, 2.45) is 5.92 Å². The summed E-state index contributed by atoms with van der Waals surface area (Å²) in [6.45, 7) is -0.353. The molecule has 0 aromatic heterocycles. The molecule has 3 heteroatoms. The van der Waals surface area contributed by atoms with Crippen molar-refractivity contribution in [2.75, 3.05) is 6.67 Å². The number of halogens is 3. The maximum Gasteiger partial charge on any atom is 0.112 e. The fourth-order valence-corrected chi connectivity index (χ4v) is 2.26. The third-order valence-corrected chi connectivity index (χ3v) is 3.85. The van der Waals surface area contributed by atoms with Crippen LogP contribution in [0, 0.1) is 5.92 Å². The molecule has 1 aliphatic carbocycles. The molecule has 10 heavy (non-hydrogen) atoms. The number of alkyl halides is 3. The van der Waals surface area contributed by atoms with Crippen LogP contribution in [0.5, 0.6) is 0 Å². The zero-order valence-corrected chi connectivity index (χ0v) is 7.85. The monoisotopic (exact) mass is 260 g/mol. The molecule has 60 valence electrons. The minimum Gasteiger partial charge on any atom is -0.251 e. The molecule has 1 saturated carbocycles. The van der Waals surface area contributed by atoms with Gasteiger partial charge in [-0.1, -0.05) is 29.0 Å². The molecule has 0 radical (unpaired) electrons. The predicted molar refractivity (Wildman–Crippen MR) is 46.0 cm³/mol. The van der Waals surface area contributed by atoms with Crippen LogP contribution in [0.3, 0.4) is 0 Å². The topological polar surface area (TPSA) is 0 Å². The first-order valence-corrected chi connectivity index (χ1v) is 4.84. The van der Waals surface area contributed by atoms with Crippen LogP contribution < -0.4 is 0 Å². The van der Waals surface area contributed by atoms with E-state index in [2.05, 4.69) is 0 Å². The highest BCUT2D eigenvalue weighted by molar-refractivity contribution is 14.1. The Bertz CT molecular complexity index is 108. The Labute approximate surface area is 73.5 Å². The van der Waals surface area contributed by atoms with E-state index < -0.39 is 6.17 Å². The highest BCUT2D eigenvalue weighted by Gasteiger charge is 2.30. The molecule has 3 atom stereocenters. The first-order valence-electron chi connectivity index (χ1n) is 3.60. The molecule has 0 N–H and O–H groups in total. The van der Waals surface area contributed by atoms with Crippen molar-refractivity contribution in [3.8, 4) is 0 Å². The van der Waals surface area contributed by atoms with Crippen LogP contribution in [0.15, 0.2) is 0 Å². The fourth-order valence-electron chi connectivity index (χ4n) is 1.35. The van der Waals surface area contributed by atoms with Gasteiger partial charge >= 0.3 is 0 Å². The van der Waals surface area contributed by atoms with Crippen LogP contribution in [0.2, 0.25) is 0 Å². The predicted octanol–water partition coefficient (Wildman–Crippen LogP) is 2.90. The first kappa shape index (κ1) is 8.68. The van der Waals surface area contributed by atoms with Crippen LogP contribution in [0.4, 0.5) is 8.78 Å². The van der Waals surface area contributed by atoms with Crippen molar-refractivity contribution >= 4 is 22.6 Å². The lowest BCUT2D eigenvalue weighted by Gasteiger charge is -2.27. The van der Waals surface area contributed by atoms with E-state index in [1.807, 2.05) is 22.6 Å². The highest BCUT2D eigenvalue weighted by Crippen LogP contribution is 2.32. The Balaban J connectivity index is 2.42. The van der Waals surface area contributed by atoms with Crippen molar-refractivity contribution in [3.05, 3.63) is 0 Å². The summed E-state index contributed by atoms with van der Waals surface area (Å²) in [4.78, 5) is 0. The second-order valence-electron chi connectivity index (χ2n) is 2.81. The summed E-state index contributed by atoms with van der Waals surface area (Å²) >= 11 is 2.03. The Morgan fingerprint density at radius 1 is 1.40 bits per heavy atom. The van der Waals surface area contributed by atoms with E-state index in [0.717, 1.165) is 12.8 Å². The molecule has 0 heterocycles. The third kappa shape index (κ3) is 1.80. The molecule has 3 unspecified atom stereocenters. The van der Waals surface area contributed by atoms with Crippen molar-refractivity contribution in [2.45, 2.75) is 29.4 Å². The summed E-state index contributed by atoms with van der Waals surface area (Å²) in [7, 11) is 0. The van der Waals surface area contributed by atoms with Crippen LogP contribution in [-0.4, -0.2) is 16.8 Å². The lowest BCUT2D eigenvalue weighted by Crippen LogP contribution is -2.30. The summed E-state index contributed by atoms with van der Waals surface area (Å²) in [5.41, 5.74) is 0. The Kier molecular flexibility index (Phi) is 3.33. The van der Waals surface area contributed by atoms with Gasteiger partial charge in [0.2, 0.25) is 0 Å². The zero-order chi connectivity index (χ0) is 7.56. The minimum absolute atomic E-state index is 0.0238. The van der Waals surface area contributed by atoms with E-state index in [1.165, 1.54) is 0 Å². The quantitative estimate of drug-likeness (QED) is 0.502. The first-order chi connectivity index (χ1) is 4.75. The van der Waals surface area contributed by atoms with Crippen molar-refractivity contribution < 1.29 is 8.78 Å². The molecule has 0 bridgehead atoms. The minimum atomic E-state index is -0.768. The number of hydrogen-bond acceptors (Lipinski definition) is 0. The second kappa shape index (κ2) is 3.83. The molecule has 1 rings (SSSR count). The van der Waals surface area contributed by atoms with E-state index in [0.29, 0.717) is 6.42 Å². The normalized spacial score (nSPS) is 41.7. The average molecular weight is 260 g/mol. The smallest absolute Gasteiger partial charge is 0.112 e. The Hall–Kier alpha value is 0.590. The largest absolute Gasteiger partial charge is 0.251 e. The summed E-state index contributed by atoms with van der Waals surface area (Å²) in [6.07, 6.45) is 1.58. The number of rotatable bonds is 1. The van der Waals surface area contributed by atoms with Crippen LogP contribution in [0.1, 0.15) is 19.3 Å². The molecule has 0 aliphatic heterocycles. The van der Waals surface area contributed by atoms with Gasteiger partial charge in [-0.15, -0.1) is 0 Å². The van der Waals surface area contributed by atoms with Crippen LogP contribution >= 0.6 is 22.6 Å². The lowest BCUT2D eigenvalue weighted by atomic mass is 9.89. The molecule has 1 fully saturated rings. The maximum absolute atomic E-state index is 12.8. The van der Waals surface area contributed by atoms with Gasteiger partial charge in [0, 0.05) is 9.84 Å². The lowest BCUT2D eigenvalue weighted by molar-refractivity contribution is 0.192. The SMILES string of the molecule is FCC1CCCC(F)C1I. The van der Waals surface area contributed by atoms with Crippen LogP contribution in [0.25, 0.3) is 0 Å². The van der Waals surface area contributed by atoms with E-state index in [1.54, 1.807) is 0 Å². The van der Waals surface area contributed by atoms with Gasteiger partial charge in [-0.05, 0) is 12.8 Å². The van der Waals surface area contributed by atoms with Gasteiger partial charge in [-0.25, -0.2) is 4.39 Å². The zero-order valence-electron chi connectivity index (χ0n) is 5.69. The maximum atomic E-state index is 12.8. The van der Waals surface area contributed by atoms with Gasteiger partial charge in [0.25, 0.3) is 0 Å². The summed E-state index contributed by atoms with van der Waals surface area (Å²) in [5.74, 6) is -0.0238. The molecular formula is C7H11F2I.